The zero-order valence-corrected chi connectivity index (χ0v) is 17.2. The number of nitrogens with zero attached hydrogens (tertiary/aromatic N) is 3. The molecular formula is C17H23F3IN5O. The van der Waals surface area contributed by atoms with Gasteiger partial charge in [0.05, 0.1) is 18.7 Å². The summed E-state index contributed by atoms with van der Waals surface area (Å²) in [4.78, 5) is 8.11. The largest absolute Gasteiger partial charge is 0.476 e. The molecule has 0 aliphatic heterocycles. The summed E-state index contributed by atoms with van der Waals surface area (Å²) in [6.45, 7) is 4.77. The van der Waals surface area contributed by atoms with Crippen LogP contribution >= 0.6 is 24.0 Å². The molecule has 27 heavy (non-hydrogen) atoms. The summed E-state index contributed by atoms with van der Waals surface area (Å²) in [5.41, 5.74) is -0.799. The Kier molecular flexibility index (Phi) is 9.97. The first-order chi connectivity index (χ1) is 12.5. The fourth-order valence-electron chi connectivity index (χ4n) is 2.10. The number of aliphatic imine (C=N–C) groups is 1. The normalized spacial score (nSPS) is 11.6. The van der Waals surface area contributed by atoms with E-state index in [1.807, 2.05) is 36.0 Å². The highest BCUT2D eigenvalue weighted by molar-refractivity contribution is 14.0. The van der Waals surface area contributed by atoms with E-state index < -0.39 is 11.7 Å². The zero-order valence-electron chi connectivity index (χ0n) is 14.9. The first kappa shape index (κ1) is 23.1. The number of rotatable bonds is 8. The van der Waals surface area contributed by atoms with Gasteiger partial charge in [-0.05, 0) is 25.1 Å². The molecule has 2 N–H and O–H groups in total. The maximum atomic E-state index is 12.5. The average molecular weight is 497 g/mol. The second kappa shape index (κ2) is 11.7. The van der Waals surface area contributed by atoms with Crippen molar-refractivity contribution in [2.45, 2.75) is 19.6 Å². The van der Waals surface area contributed by atoms with Crippen molar-refractivity contribution in [2.24, 2.45) is 4.99 Å². The number of aromatic nitrogens is 2. The number of hydrogen-bond donors (Lipinski definition) is 2. The zero-order chi connectivity index (χ0) is 18.8. The molecule has 0 spiro atoms. The standard InChI is InChI=1S/C17H22F3N5O.HI/c1-2-21-16(22-7-11-25-9-3-4-10-25)23-8-12-26-15-6-5-14(13-24-15)17(18,19)20;/h3-6,9-10,13H,2,7-8,11-12H2,1H3,(H2,21,22,23);1H. The van der Waals surface area contributed by atoms with Gasteiger partial charge in [0.1, 0.15) is 6.61 Å². The minimum Gasteiger partial charge on any atom is -0.476 e. The van der Waals surface area contributed by atoms with Crippen LogP contribution in [0.5, 0.6) is 5.88 Å². The van der Waals surface area contributed by atoms with E-state index in [0.717, 1.165) is 25.4 Å². The van der Waals surface area contributed by atoms with E-state index in [1.165, 1.54) is 6.07 Å². The molecule has 150 valence electrons. The van der Waals surface area contributed by atoms with Gasteiger partial charge in [-0.25, -0.2) is 4.98 Å². The number of pyridine rings is 1. The first-order valence-corrected chi connectivity index (χ1v) is 8.28. The molecular weight excluding hydrogens is 474 g/mol. The summed E-state index contributed by atoms with van der Waals surface area (Å²) >= 11 is 0. The van der Waals surface area contributed by atoms with Crippen molar-refractivity contribution in [3.63, 3.8) is 0 Å². The van der Waals surface area contributed by atoms with Gasteiger partial charge in [0.2, 0.25) is 5.88 Å². The highest BCUT2D eigenvalue weighted by atomic mass is 127. The number of halogens is 4. The van der Waals surface area contributed by atoms with Crippen molar-refractivity contribution in [1.82, 2.24) is 20.2 Å². The second-order valence-corrected chi connectivity index (χ2v) is 5.34. The number of ether oxygens (including phenoxy) is 1. The van der Waals surface area contributed by atoms with Crippen LogP contribution in [0.3, 0.4) is 0 Å². The quantitative estimate of drug-likeness (QED) is 0.255. The molecule has 0 radical (unpaired) electrons. The van der Waals surface area contributed by atoms with Crippen molar-refractivity contribution < 1.29 is 17.9 Å². The van der Waals surface area contributed by atoms with Crippen LogP contribution in [0.15, 0.2) is 47.8 Å². The van der Waals surface area contributed by atoms with Gasteiger partial charge < -0.3 is 19.9 Å². The highest BCUT2D eigenvalue weighted by Crippen LogP contribution is 2.29. The summed E-state index contributed by atoms with van der Waals surface area (Å²) in [7, 11) is 0. The van der Waals surface area contributed by atoms with Gasteiger partial charge >= 0.3 is 6.18 Å². The molecule has 10 heteroatoms. The van der Waals surface area contributed by atoms with Crippen LogP contribution in [0.2, 0.25) is 0 Å². The summed E-state index contributed by atoms with van der Waals surface area (Å²) in [6, 6.07) is 6.07. The third-order valence-electron chi connectivity index (χ3n) is 3.35. The van der Waals surface area contributed by atoms with Crippen LogP contribution in [0.4, 0.5) is 13.2 Å². The summed E-state index contributed by atoms with van der Waals surface area (Å²) in [5.74, 6) is 0.804. The average Bonchev–Trinajstić information content (AvgIpc) is 3.11. The van der Waals surface area contributed by atoms with Crippen LogP contribution in [0.1, 0.15) is 12.5 Å². The molecule has 0 saturated carbocycles. The second-order valence-electron chi connectivity index (χ2n) is 5.34. The molecule has 0 aromatic carbocycles. The monoisotopic (exact) mass is 497 g/mol. The summed E-state index contributed by atoms with van der Waals surface area (Å²) < 4.78 is 44.8. The van der Waals surface area contributed by atoms with Crippen molar-refractivity contribution in [3.05, 3.63) is 48.4 Å². The Labute approximate surface area is 173 Å². The van der Waals surface area contributed by atoms with Crippen molar-refractivity contribution in [2.75, 3.05) is 26.2 Å². The Hall–Kier alpha value is -1.98. The van der Waals surface area contributed by atoms with Crippen molar-refractivity contribution in [3.8, 4) is 5.88 Å². The molecule has 2 aromatic rings. The number of guanidine groups is 1. The van der Waals surface area contributed by atoms with Crippen LogP contribution in [0, 0.1) is 0 Å². The first-order valence-electron chi connectivity index (χ1n) is 8.28. The molecule has 0 bridgehead atoms. The predicted octanol–water partition coefficient (Wildman–Crippen LogP) is 3.15. The van der Waals surface area contributed by atoms with Gasteiger partial charge in [0.15, 0.2) is 5.96 Å². The smallest absolute Gasteiger partial charge is 0.417 e. The van der Waals surface area contributed by atoms with Gasteiger partial charge in [-0.1, -0.05) is 0 Å². The third-order valence-corrected chi connectivity index (χ3v) is 3.35. The van der Waals surface area contributed by atoms with E-state index in [4.69, 9.17) is 4.74 Å². The Morgan fingerprint density at radius 3 is 2.56 bits per heavy atom. The van der Waals surface area contributed by atoms with Crippen LogP contribution < -0.4 is 15.4 Å². The number of nitrogens with one attached hydrogen (secondary N) is 2. The van der Waals surface area contributed by atoms with E-state index >= 15 is 0 Å². The van der Waals surface area contributed by atoms with Crippen LogP contribution in [-0.2, 0) is 12.7 Å². The number of hydrogen-bond acceptors (Lipinski definition) is 3. The van der Waals surface area contributed by atoms with E-state index in [-0.39, 0.29) is 36.5 Å². The summed E-state index contributed by atoms with van der Waals surface area (Å²) in [5, 5.41) is 6.22. The van der Waals surface area contributed by atoms with Gasteiger partial charge in [-0.2, -0.15) is 13.2 Å². The van der Waals surface area contributed by atoms with Gasteiger partial charge in [-0.3, -0.25) is 4.99 Å². The Bertz CT molecular complexity index is 675. The fraction of sp³-hybridized carbons (Fsp3) is 0.412. The molecule has 0 aliphatic rings. The van der Waals surface area contributed by atoms with Crippen LogP contribution in [-0.4, -0.2) is 41.8 Å². The summed E-state index contributed by atoms with van der Waals surface area (Å²) in [6.07, 6.45) is 0.308. The lowest BCUT2D eigenvalue weighted by Gasteiger charge is -2.12. The Balaban J connectivity index is 0.00000364. The molecule has 2 heterocycles. The topological polar surface area (TPSA) is 63.5 Å². The molecule has 2 aromatic heterocycles. The molecule has 0 atom stereocenters. The highest BCUT2D eigenvalue weighted by Gasteiger charge is 2.30. The van der Waals surface area contributed by atoms with E-state index in [9.17, 15) is 13.2 Å². The minimum absolute atomic E-state index is 0. The van der Waals surface area contributed by atoms with E-state index in [2.05, 4.69) is 20.6 Å². The minimum atomic E-state index is -4.40. The molecule has 0 fully saturated rings. The predicted molar refractivity (Wildman–Crippen MR) is 109 cm³/mol. The van der Waals surface area contributed by atoms with Crippen molar-refractivity contribution in [1.29, 1.82) is 0 Å². The Morgan fingerprint density at radius 2 is 1.96 bits per heavy atom. The van der Waals surface area contributed by atoms with Crippen LogP contribution in [0.25, 0.3) is 0 Å². The SMILES string of the molecule is CCNC(=NCCn1cccc1)NCCOc1ccc(C(F)(F)F)cn1.I. The third kappa shape index (κ3) is 8.50. The maximum absolute atomic E-state index is 12.5. The lowest BCUT2D eigenvalue weighted by atomic mass is 10.3. The lowest BCUT2D eigenvalue weighted by molar-refractivity contribution is -0.137. The lowest BCUT2D eigenvalue weighted by Crippen LogP contribution is -2.39. The van der Waals surface area contributed by atoms with Crippen molar-refractivity contribution >= 4 is 29.9 Å². The maximum Gasteiger partial charge on any atom is 0.417 e. The van der Waals surface area contributed by atoms with Gasteiger partial charge in [0.25, 0.3) is 0 Å². The molecule has 0 aliphatic carbocycles. The van der Waals surface area contributed by atoms with E-state index in [1.54, 1.807) is 0 Å². The van der Waals surface area contributed by atoms with Gasteiger partial charge in [-0.15, -0.1) is 24.0 Å². The van der Waals surface area contributed by atoms with E-state index in [0.29, 0.717) is 19.0 Å². The molecule has 0 unspecified atom stereocenters. The number of alkyl halides is 3. The fourth-order valence-corrected chi connectivity index (χ4v) is 2.10. The molecule has 0 amide bonds. The molecule has 6 nitrogen and oxygen atoms in total. The molecule has 0 saturated heterocycles. The van der Waals surface area contributed by atoms with Gasteiger partial charge in [0, 0.05) is 37.7 Å². The Morgan fingerprint density at radius 1 is 1.22 bits per heavy atom. The molecule has 2 rings (SSSR count).